The Morgan fingerprint density at radius 2 is 1.79 bits per heavy atom. The van der Waals surface area contributed by atoms with Crippen LogP contribution in [0.4, 0.5) is 17.6 Å². The Morgan fingerprint density at radius 1 is 1.03 bits per heavy atom. The van der Waals surface area contributed by atoms with Gasteiger partial charge in [-0.2, -0.15) is 13.2 Å². The van der Waals surface area contributed by atoms with Crippen LogP contribution in [-0.2, 0) is 17.6 Å². The van der Waals surface area contributed by atoms with Crippen molar-refractivity contribution < 1.29 is 27.2 Å². The number of benzene rings is 2. The lowest BCUT2D eigenvalue weighted by molar-refractivity contribution is -0.145. The van der Waals surface area contributed by atoms with Gasteiger partial charge in [0.1, 0.15) is 5.82 Å². The normalized spacial score (nSPS) is 15.0. The molecule has 3 heterocycles. The van der Waals surface area contributed by atoms with Gasteiger partial charge >= 0.3 is 6.18 Å². The highest BCUT2D eigenvalue weighted by molar-refractivity contribution is 6.05. The van der Waals surface area contributed by atoms with Crippen LogP contribution in [0.5, 0.6) is 0 Å². The third-order valence-electron chi connectivity index (χ3n) is 6.06. The number of hydrogen-bond acceptors (Lipinski definition) is 6. The topological polar surface area (TPSA) is 89.4 Å². The highest BCUT2D eigenvalue weighted by Gasteiger charge is 2.34. The molecule has 1 aliphatic rings. The SMILES string of the molecule is Cc1ccc(-c2cc(C(=O)NCc3cnc(C(F)(F)F)nc3)cc(C3=NOC(c4ccccn4)C3)c2)c(F)c1. The van der Waals surface area contributed by atoms with Gasteiger partial charge in [0, 0.05) is 53.8 Å². The van der Waals surface area contributed by atoms with Crippen molar-refractivity contribution in [3.63, 3.8) is 0 Å². The molecule has 4 aromatic rings. The van der Waals surface area contributed by atoms with Gasteiger partial charge in [-0.1, -0.05) is 23.4 Å². The van der Waals surface area contributed by atoms with E-state index in [0.717, 1.165) is 18.0 Å². The average Bonchev–Trinajstić information content (AvgIpc) is 3.42. The van der Waals surface area contributed by atoms with Crippen molar-refractivity contribution in [2.24, 2.45) is 5.16 Å². The molecule has 7 nitrogen and oxygen atoms in total. The highest BCUT2D eigenvalue weighted by atomic mass is 19.4. The minimum absolute atomic E-state index is 0.110. The number of alkyl halides is 3. The van der Waals surface area contributed by atoms with Gasteiger partial charge in [0.2, 0.25) is 5.82 Å². The quantitative estimate of drug-likeness (QED) is 0.315. The first kappa shape index (κ1) is 26.0. The predicted molar refractivity (Wildman–Crippen MR) is 134 cm³/mol. The summed E-state index contributed by atoms with van der Waals surface area (Å²) in [6.07, 6.45) is -1.02. The van der Waals surface area contributed by atoms with Gasteiger partial charge in [-0.3, -0.25) is 9.78 Å². The van der Waals surface area contributed by atoms with Crippen molar-refractivity contribution in [3.8, 4) is 11.1 Å². The van der Waals surface area contributed by atoms with Gasteiger partial charge in [0.05, 0.1) is 11.4 Å². The standard InChI is InChI=1S/C28H21F4N5O2/c1-16-5-6-21(22(29)8-16)18-9-19(24-12-25(39-37-24)23-4-2-3-7-33-23)11-20(10-18)26(38)34-13-17-14-35-27(36-15-17)28(30,31)32/h2-11,14-15,25H,12-13H2,1H3,(H,34,38). The van der Waals surface area contributed by atoms with E-state index in [1.165, 1.54) is 6.07 Å². The summed E-state index contributed by atoms with van der Waals surface area (Å²) in [7, 11) is 0. The number of carbonyl (C=O) groups is 1. The Bertz CT molecular complexity index is 1540. The van der Waals surface area contributed by atoms with Gasteiger partial charge in [0.25, 0.3) is 5.91 Å². The van der Waals surface area contributed by atoms with Crippen LogP contribution in [-0.4, -0.2) is 26.6 Å². The summed E-state index contributed by atoms with van der Waals surface area (Å²) in [5.74, 6) is -2.23. The molecule has 0 radical (unpaired) electrons. The molecule has 11 heteroatoms. The molecule has 2 aromatic heterocycles. The van der Waals surface area contributed by atoms with Crippen molar-refractivity contribution >= 4 is 11.6 Å². The number of aromatic nitrogens is 3. The van der Waals surface area contributed by atoms with E-state index in [4.69, 9.17) is 4.84 Å². The summed E-state index contributed by atoms with van der Waals surface area (Å²) in [5.41, 5.74) is 3.82. The molecule has 198 valence electrons. The molecule has 0 aliphatic carbocycles. The molecule has 0 bridgehead atoms. The number of carbonyl (C=O) groups excluding carboxylic acids is 1. The molecule has 0 saturated carbocycles. The number of aryl methyl sites for hydroxylation is 1. The number of rotatable bonds is 6. The number of amides is 1. The fraction of sp³-hybridized carbons (Fsp3) is 0.179. The lowest BCUT2D eigenvalue weighted by atomic mass is 9.94. The van der Waals surface area contributed by atoms with Crippen LogP contribution >= 0.6 is 0 Å². The number of halogens is 4. The lowest BCUT2D eigenvalue weighted by Crippen LogP contribution is -2.23. The molecule has 1 unspecified atom stereocenters. The average molecular weight is 536 g/mol. The molecular formula is C28H21F4N5O2. The zero-order chi connectivity index (χ0) is 27.6. The smallest absolute Gasteiger partial charge is 0.385 e. The van der Waals surface area contributed by atoms with Crippen molar-refractivity contribution in [1.82, 2.24) is 20.3 Å². The molecule has 0 fully saturated rings. The fourth-order valence-corrected chi connectivity index (χ4v) is 4.08. The van der Waals surface area contributed by atoms with Gasteiger partial charge in [-0.05, 0) is 54.4 Å². The summed E-state index contributed by atoms with van der Waals surface area (Å²) in [6.45, 7) is 1.66. The van der Waals surface area contributed by atoms with E-state index < -0.39 is 29.8 Å². The van der Waals surface area contributed by atoms with Crippen LogP contribution in [0.25, 0.3) is 11.1 Å². The molecule has 0 spiro atoms. The van der Waals surface area contributed by atoms with Crippen molar-refractivity contribution in [3.05, 3.63) is 113 Å². The molecule has 1 N–H and O–H groups in total. The van der Waals surface area contributed by atoms with Crippen LogP contribution in [0.15, 0.2) is 78.3 Å². The Hall–Kier alpha value is -4.67. The molecule has 1 aliphatic heterocycles. The maximum atomic E-state index is 14.9. The van der Waals surface area contributed by atoms with E-state index in [2.05, 4.69) is 25.4 Å². The second-order valence-electron chi connectivity index (χ2n) is 8.97. The Kier molecular flexibility index (Phi) is 7.05. The van der Waals surface area contributed by atoms with Crippen LogP contribution in [0.3, 0.4) is 0 Å². The Labute approximate surface area is 220 Å². The lowest BCUT2D eigenvalue weighted by Gasteiger charge is -2.12. The number of hydrogen-bond donors (Lipinski definition) is 1. The van der Waals surface area contributed by atoms with Gasteiger partial charge in [-0.25, -0.2) is 14.4 Å². The van der Waals surface area contributed by atoms with Gasteiger partial charge in [-0.15, -0.1) is 0 Å². The van der Waals surface area contributed by atoms with Gasteiger partial charge in [0.15, 0.2) is 6.10 Å². The molecule has 0 saturated heterocycles. The minimum Gasteiger partial charge on any atom is -0.385 e. The highest BCUT2D eigenvalue weighted by Crippen LogP contribution is 2.32. The summed E-state index contributed by atoms with van der Waals surface area (Å²) >= 11 is 0. The van der Waals surface area contributed by atoms with Crippen molar-refractivity contribution in [2.45, 2.75) is 32.2 Å². The van der Waals surface area contributed by atoms with Crippen LogP contribution < -0.4 is 5.32 Å². The number of nitrogens with one attached hydrogen (secondary N) is 1. The van der Waals surface area contributed by atoms with E-state index in [1.807, 2.05) is 12.1 Å². The summed E-state index contributed by atoms with van der Waals surface area (Å²) < 4.78 is 53.1. The Balaban J connectivity index is 1.42. The molecular weight excluding hydrogens is 514 g/mol. The minimum atomic E-state index is -4.66. The summed E-state index contributed by atoms with van der Waals surface area (Å²) in [5, 5.41) is 6.85. The van der Waals surface area contributed by atoms with Crippen molar-refractivity contribution in [1.29, 1.82) is 0 Å². The van der Waals surface area contributed by atoms with Crippen molar-refractivity contribution in [2.75, 3.05) is 0 Å². The van der Waals surface area contributed by atoms with E-state index in [0.29, 0.717) is 34.5 Å². The van der Waals surface area contributed by atoms with E-state index in [1.54, 1.807) is 49.5 Å². The second kappa shape index (κ2) is 10.6. The molecule has 1 amide bonds. The molecule has 5 rings (SSSR count). The maximum Gasteiger partial charge on any atom is 0.451 e. The fourth-order valence-electron chi connectivity index (χ4n) is 4.08. The Morgan fingerprint density at radius 3 is 2.49 bits per heavy atom. The largest absolute Gasteiger partial charge is 0.451 e. The van der Waals surface area contributed by atoms with Crippen LogP contribution in [0.2, 0.25) is 0 Å². The first-order chi connectivity index (χ1) is 18.7. The van der Waals surface area contributed by atoms with E-state index in [-0.39, 0.29) is 17.7 Å². The number of nitrogens with zero attached hydrogens (tertiary/aromatic N) is 4. The first-order valence-electron chi connectivity index (χ1n) is 11.9. The summed E-state index contributed by atoms with van der Waals surface area (Å²) in [6, 6.07) is 15.1. The second-order valence-corrected chi connectivity index (χ2v) is 8.97. The number of pyridine rings is 1. The predicted octanol–water partition coefficient (Wildman–Crippen LogP) is 5.80. The number of oxime groups is 1. The third kappa shape index (κ3) is 5.92. The zero-order valence-electron chi connectivity index (χ0n) is 20.5. The zero-order valence-corrected chi connectivity index (χ0v) is 20.5. The molecule has 2 aromatic carbocycles. The molecule has 39 heavy (non-hydrogen) atoms. The van der Waals surface area contributed by atoms with Crippen LogP contribution in [0, 0.1) is 12.7 Å². The summed E-state index contributed by atoms with van der Waals surface area (Å²) in [4.78, 5) is 29.6. The van der Waals surface area contributed by atoms with Gasteiger partial charge < -0.3 is 10.2 Å². The van der Waals surface area contributed by atoms with E-state index >= 15 is 0 Å². The van der Waals surface area contributed by atoms with E-state index in [9.17, 15) is 22.4 Å². The first-order valence-corrected chi connectivity index (χ1v) is 11.9. The monoisotopic (exact) mass is 535 g/mol. The maximum absolute atomic E-state index is 14.9. The van der Waals surface area contributed by atoms with Crippen LogP contribution in [0.1, 0.15) is 51.1 Å². The molecule has 1 atom stereocenters. The third-order valence-corrected chi connectivity index (χ3v) is 6.06.